The van der Waals surface area contributed by atoms with Crippen molar-refractivity contribution in [2.24, 2.45) is 0 Å². The van der Waals surface area contributed by atoms with E-state index in [9.17, 15) is 14.4 Å². The number of rotatable bonds is 5. The molecule has 0 aliphatic heterocycles. The van der Waals surface area contributed by atoms with E-state index in [-0.39, 0.29) is 12.0 Å². The van der Waals surface area contributed by atoms with Crippen LogP contribution in [0.4, 0.5) is 0 Å². The fourth-order valence-corrected chi connectivity index (χ4v) is 1.62. The summed E-state index contributed by atoms with van der Waals surface area (Å²) in [5.74, 6) is -1.84. The van der Waals surface area contributed by atoms with Crippen molar-refractivity contribution in [2.75, 3.05) is 7.11 Å². The van der Waals surface area contributed by atoms with Crippen LogP contribution in [0.2, 0.25) is 0 Å². The molecular weight excluding hydrogens is 288 g/mol. The second kappa shape index (κ2) is 7.53. The molecular formula is C15H20N2O5. The molecule has 1 N–H and O–H groups in total. The van der Waals surface area contributed by atoms with Crippen LogP contribution >= 0.6 is 0 Å². The molecule has 7 nitrogen and oxygen atoms in total. The lowest BCUT2D eigenvalue weighted by Crippen LogP contribution is -2.43. The van der Waals surface area contributed by atoms with Gasteiger partial charge in [-0.1, -0.05) is 0 Å². The van der Waals surface area contributed by atoms with E-state index in [1.807, 2.05) is 0 Å². The highest BCUT2D eigenvalue weighted by Gasteiger charge is 2.27. The molecule has 0 aliphatic rings. The Kier molecular flexibility index (Phi) is 6.03. The second-order valence-corrected chi connectivity index (χ2v) is 5.58. The minimum atomic E-state index is -1.12. The highest BCUT2D eigenvalue weighted by atomic mass is 16.6. The van der Waals surface area contributed by atoms with Gasteiger partial charge in [0.1, 0.15) is 11.6 Å². The lowest BCUT2D eigenvalue weighted by atomic mass is 10.1. The molecule has 0 saturated carbocycles. The summed E-state index contributed by atoms with van der Waals surface area (Å²) in [7, 11) is 1.18. The van der Waals surface area contributed by atoms with Crippen molar-refractivity contribution in [2.45, 2.75) is 38.8 Å². The maximum atomic E-state index is 12.0. The first kappa shape index (κ1) is 17.6. The van der Waals surface area contributed by atoms with E-state index in [0.29, 0.717) is 0 Å². The second-order valence-electron chi connectivity index (χ2n) is 5.58. The van der Waals surface area contributed by atoms with Gasteiger partial charge >= 0.3 is 11.9 Å². The minimum Gasteiger partial charge on any atom is -0.467 e. The fourth-order valence-electron chi connectivity index (χ4n) is 1.62. The predicted octanol–water partition coefficient (Wildman–Crippen LogP) is 1.08. The van der Waals surface area contributed by atoms with E-state index in [4.69, 9.17) is 4.74 Å². The number of hydrogen-bond donors (Lipinski definition) is 1. The van der Waals surface area contributed by atoms with Crippen molar-refractivity contribution in [1.82, 2.24) is 10.3 Å². The molecule has 7 heteroatoms. The number of amides is 1. The Balaban J connectivity index is 2.75. The molecule has 120 valence electrons. The quantitative estimate of drug-likeness (QED) is 0.818. The number of esters is 2. The molecule has 0 unspecified atom stereocenters. The summed E-state index contributed by atoms with van der Waals surface area (Å²) in [5, 5.41) is 2.45. The third-order valence-electron chi connectivity index (χ3n) is 2.51. The zero-order chi connectivity index (χ0) is 16.8. The van der Waals surface area contributed by atoms with Crippen LogP contribution in [-0.4, -0.2) is 41.6 Å². The third-order valence-corrected chi connectivity index (χ3v) is 2.51. The number of hydrogen-bond acceptors (Lipinski definition) is 6. The molecule has 0 radical (unpaired) electrons. The van der Waals surface area contributed by atoms with Crippen LogP contribution in [0.3, 0.4) is 0 Å². The zero-order valence-electron chi connectivity index (χ0n) is 13.1. The number of carbonyl (C=O) groups excluding carboxylic acids is 3. The monoisotopic (exact) mass is 308 g/mol. The lowest BCUT2D eigenvalue weighted by molar-refractivity contribution is -0.158. The normalized spacial score (nSPS) is 12.2. The van der Waals surface area contributed by atoms with Crippen molar-refractivity contribution in [3.05, 3.63) is 30.1 Å². The number of carbonyl (C=O) groups is 3. The number of ether oxygens (including phenoxy) is 2. The van der Waals surface area contributed by atoms with Crippen LogP contribution in [-0.2, 0) is 19.1 Å². The van der Waals surface area contributed by atoms with Gasteiger partial charge in [0, 0.05) is 12.4 Å². The Morgan fingerprint density at radius 1 is 1.32 bits per heavy atom. The first-order chi connectivity index (χ1) is 10.2. The molecule has 1 aromatic rings. The number of nitrogens with one attached hydrogen (secondary N) is 1. The molecule has 22 heavy (non-hydrogen) atoms. The molecule has 1 atom stereocenters. The van der Waals surface area contributed by atoms with Crippen molar-refractivity contribution < 1.29 is 23.9 Å². The van der Waals surface area contributed by atoms with Gasteiger partial charge in [0.05, 0.1) is 19.1 Å². The van der Waals surface area contributed by atoms with Crippen molar-refractivity contribution in [1.29, 1.82) is 0 Å². The van der Waals surface area contributed by atoms with E-state index in [0.717, 1.165) is 0 Å². The Morgan fingerprint density at radius 3 is 2.50 bits per heavy atom. The van der Waals surface area contributed by atoms with Gasteiger partial charge in [0.25, 0.3) is 5.91 Å². The van der Waals surface area contributed by atoms with Crippen LogP contribution in [0.5, 0.6) is 0 Å². The summed E-state index contributed by atoms with van der Waals surface area (Å²) in [6.07, 6.45) is 2.57. The molecule has 1 amide bonds. The Bertz CT molecular complexity index is 537. The van der Waals surface area contributed by atoms with Gasteiger partial charge < -0.3 is 14.8 Å². The SMILES string of the molecule is COC(=O)[C@@H](CC(=O)OC(C)(C)C)NC(=O)c1cccnc1. The van der Waals surface area contributed by atoms with E-state index in [1.54, 1.807) is 32.9 Å². The number of nitrogens with zero attached hydrogens (tertiary/aromatic N) is 1. The lowest BCUT2D eigenvalue weighted by Gasteiger charge is -2.22. The molecule has 0 aliphatic carbocycles. The van der Waals surface area contributed by atoms with E-state index >= 15 is 0 Å². The highest BCUT2D eigenvalue weighted by molar-refractivity contribution is 5.97. The molecule has 0 saturated heterocycles. The molecule has 0 aromatic carbocycles. The van der Waals surface area contributed by atoms with E-state index < -0.39 is 29.5 Å². The molecule has 0 bridgehead atoms. The fraction of sp³-hybridized carbons (Fsp3) is 0.467. The summed E-state index contributed by atoms with van der Waals surface area (Å²) in [6.45, 7) is 5.14. The molecule has 1 aromatic heterocycles. The average molecular weight is 308 g/mol. The van der Waals surface area contributed by atoms with Gasteiger partial charge in [-0.05, 0) is 32.9 Å². The third kappa shape index (κ3) is 5.90. The van der Waals surface area contributed by atoms with Crippen molar-refractivity contribution >= 4 is 17.8 Å². The molecule has 1 rings (SSSR count). The van der Waals surface area contributed by atoms with Crippen molar-refractivity contribution in [3.63, 3.8) is 0 Å². The first-order valence-electron chi connectivity index (χ1n) is 6.73. The number of methoxy groups -OCH3 is 1. The standard InChI is InChI=1S/C15H20N2O5/c1-15(2,3)22-12(18)8-11(14(20)21-4)17-13(19)10-6-5-7-16-9-10/h5-7,9,11H,8H2,1-4H3,(H,17,19)/t11-/m1/s1. The van der Waals surface area contributed by atoms with Crippen LogP contribution in [0, 0.1) is 0 Å². The Labute approximate surface area is 129 Å². The number of aromatic nitrogens is 1. The van der Waals surface area contributed by atoms with E-state index in [1.165, 1.54) is 19.5 Å². The van der Waals surface area contributed by atoms with Gasteiger partial charge in [0.2, 0.25) is 0 Å². The molecule has 1 heterocycles. The zero-order valence-corrected chi connectivity index (χ0v) is 13.1. The van der Waals surface area contributed by atoms with Gasteiger partial charge in [-0.3, -0.25) is 14.6 Å². The minimum absolute atomic E-state index is 0.278. The largest absolute Gasteiger partial charge is 0.467 e. The van der Waals surface area contributed by atoms with Crippen LogP contribution < -0.4 is 5.32 Å². The summed E-state index contributed by atoms with van der Waals surface area (Å²) in [5.41, 5.74) is -0.397. The summed E-state index contributed by atoms with van der Waals surface area (Å²) >= 11 is 0. The summed E-state index contributed by atoms with van der Waals surface area (Å²) in [4.78, 5) is 39.4. The maximum Gasteiger partial charge on any atom is 0.328 e. The van der Waals surface area contributed by atoms with Gasteiger partial charge in [0.15, 0.2) is 0 Å². The van der Waals surface area contributed by atoms with E-state index in [2.05, 4.69) is 15.0 Å². The molecule has 0 spiro atoms. The van der Waals surface area contributed by atoms with Gasteiger partial charge in [-0.2, -0.15) is 0 Å². The Morgan fingerprint density at radius 2 is 2.00 bits per heavy atom. The highest BCUT2D eigenvalue weighted by Crippen LogP contribution is 2.10. The molecule has 0 fully saturated rings. The number of pyridine rings is 1. The maximum absolute atomic E-state index is 12.0. The first-order valence-corrected chi connectivity index (χ1v) is 6.73. The van der Waals surface area contributed by atoms with Crippen LogP contribution in [0.25, 0.3) is 0 Å². The average Bonchev–Trinajstić information content (AvgIpc) is 2.44. The predicted molar refractivity (Wildman–Crippen MR) is 78.0 cm³/mol. The van der Waals surface area contributed by atoms with Crippen LogP contribution in [0.15, 0.2) is 24.5 Å². The summed E-state index contributed by atoms with van der Waals surface area (Å²) < 4.78 is 9.74. The van der Waals surface area contributed by atoms with Gasteiger partial charge in [-0.15, -0.1) is 0 Å². The topological polar surface area (TPSA) is 94.6 Å². The van der Waals surface area contributed by atoms with Crippen LogP contribution in [0.1, 0.15) is 37.6 Å². The Hall–Kier alpha value is -2.44. The smallest absolute Gasteiger partial charge is 0.328 e. The van der Waals surface area contributed by atoms with Crippen molar-refractivity contribution in [3.8, 4) is 0 Å². The summed E-state index contributed by atoms with van der Waals surface area (Å²) in [6, 6.07) is 2.02. The van der Waals surface area contributed by atoms with Gasteiger partial charge in [-0.25, -0.2) is 4.79 Å².